The molecule has 0 atom stereocenters. The van der Waals surface area contributed by atoms with E-state index in [0.717, 1.165) is 0 Å². The molecule has 0 saturated heterocycles. The Morgan fingerprint density at radius 1 is 1.33 bits per heavy atom. The van der Waals surface area contributed by atoms with Gasteiger partial charge in [0.15, 0.2) is 0 Å². The highest BCUT2D eigenvalue weighted by atomic mass is 19.1. The van der Waals surface area contributed by atoms with E-state index in [0.29, 0.717) is 37.5 Å². The molecule has 0 bridgehead atoms. The molecule has 0 heterocycles. The molecule has 2 N–H and O–H groups in total. The summed E-state index contributed by atoms with van der Waals surface area (Å²) in [5.74, 6) is 0.268. The predicted molar refractivity (Wildman–Crippen MR) is 56.5 cm³/mol. The lowest BCUT2D eigenvalue weighted by Crippen LogP contribution is -2.10. The molecule has 84 valence electrons. The van der Waals surface area contributed by atoms with Gasteiger partial charge in [0.1, 0.15) is 11.6 Å². The molecular weight excluding hydrogens is 197 g/mol. The first-order valence-electron chi connectivity index (χ1n) is 4.88. The standard InChI is InChI=1S/C11H16FNO2/c1-14-10-3-2-9(11(12)8-10)4-6-15-7-5-13/h2-3,8H,4-7,13H2,1H3. The zero-order chi connectivity index (χ0) is 11.1. The molecule has 0 unspecified atom stereocenters. The van der Waals surface area contributed by atoms with Crippen LogP contribution in [0.4, 0.5) is 4.39 Å². The van der Waals surface area contributed by atoms with Gasteiger partial charge in [-0.1, -0.05) is 6.07 Å². The van der Waals surface area contributed by atoms with Gasteiger partial charge < -0.3 is 15.2 Å². The zero-order valence-electron chi connectivity index (χ0n) is 8.83. The summed E-state index contributed by atoms with van der Waals surface area (Å²) in [6.45, 7) is 1.49. The second-order valence-electron chi connectivity index (χ2n) is 3.11. The molecule has 0 aliphatic carbocycles. The lowest BCUT2D eigenvalue weighted by molar-refractivity contribution is 0.144. The van der Waals surface area contributed by atoms with Crippen molar-refractivity contribution >= 4 is 0 Å². The summed E-state index contributed by atoms with van der Waals surface area (Å²) in [6, 6.07) is 4.82. The van der Waals surface area contributed by atoms with Crippen LogP contribution in [0.5, 0.6) is 5.75 Å². The van der Waals surface area contributed by atoms with Gasteiger partial charge in [-0.15, -0.1) is 0 Å². The van der Waals surface area contributed by atoms with Gasteiger partial charge in [0.05, 0.1) is 20.3 Å². The minimum atomic E-state index is -0.259. The Labute approximate surface area is 89.0 Å². The van der Waals surface area contributed by atoms with Gasteiger partial charge in [-0.2, -0.15) is 0 Å². The zero-order valence-corrected chi connectivity index (χ0v) is 8.83. The number of rotatable bonds is 6. The second-order valence-corrected chi connectivity index (χ2v) is 3.11. The molecule has 0 amide bonds. The maximum atomic E-state index is 13.4. The largest absolute Gasteiger partial charge is 0.497 e. The molecule has 0 saturated carbocycles. The quantitative estimate of drug-likeness (QED) is 0.725. The maximum Gasteiger partial charge on any atom is 0.130 e. The Bertz CT molecular complexity index is 305. The van der Waals surface area contributed by atoms with E-state index in [-0.39, 0.29) is 5.82 Å². The molecule has 0 spiro atoms. The van der Waals surface area contributed by atoms with Crippen molar-refractivity contribution in [1.29, 1.82) is 0 Å². The number of ether oxygens (including phenoxy) is 2. The first kappa shape index (κ1) is 11.9. The highest BCUT2D eigenvalue weighted by Crippen LogP contribution is 2.16. The second kappa shape index (κ2) is 6.37. The van der Waals surface area contributed by atoms with E-state index in [1.165, 1.54) is 13.2 Å². The highest BCUT2D eigenvalue weighted by molar-refractivity contribution is 5.28. The molecule has 1 aromatic rings. The average Bonchev–Trinajstić information content (AvgIpc) is 2.26. The molecule has 0 fully saturated rings. The Morgan fingerprint density at radius 3 is 2.73 bits per heavy atom. The lowest BCUT2D eigenvalue weighted by atomic mass is 10.1. The van der Waals surface area contributed by atoms with Gasteiger partial charge >= 0.3 is 0 Å². The van der Waals surface area contributed by atoms with Crippen molar-refractivity contribution < 1.29 is 13.9 Å². The van der Waals surface area contributed by atoms with Crippen LogP contribution in [0.25, 0.3) is 0 Å². The minimum Gasteiger partial charge on any atom is -0.497 e. The summed E-state index contributed by atoms with van der Waals surface area (Å²) in [5, 5.41) is 0. The topological polar surface area (TPSA) is 44.5 Å². The van der Waals surface area contributed by atoms with Crippen molar-refractivity contribution in [1.82, 2.24) is 0 Å². The van der Waals surface area contributed by atoms with Crippen molar-refractivity contribution in [2.24, 2.45) is 5.73 Å². The fourth-order valence-corrected chi connectivity index (χ4v) is 1.23. The van der Waals surface area contributed by atoms with Crippen molar-refractivity contribution in [2.75, 3.05) is 26.9 Å². The van der Waals surface area contributed by atoms with Crippen LogP contribution in [-0.2, 0) is 11.2 Å². The Kier molecular flexibility index (Phi) is 5.07. The van der Waals surface area contributed by atoms with E-state index in [1.807, 2.05) is 0 Å². The number of benzene rings is 1. The minimum absolute atomic E-state index is 0.259. The molecule has 3 nitrogen and oxygen atoms in total. The van der Waals surface area contributed by atoms with Crippen molar-refractivity contribution in [3.05, 3.63) is 29.6 Å². The smallest absolute Gasteiger partial charge is 0.130 e. The van der Waals surface area contributed by atoms with Crippen molar-refractivity contribution in [3.8, 4) is 5.75 Å². The van der Waals surface area contributed by atoms with Gasteiger partial charge in [0.2, 0.25) is 0 Å². The molecule has 0 radical (unpaired) electrons. The summed E-state index contributed by atoms with van der Waals surface area (Å²) in [6.07, 6.45) is 0.551. The van der Waals surface area contributed by atoms with E-state index in [2.05, 4.69) is 0 Å². The molecule has 4 heteroatoms. The Morgan fingerprint density at radius 2 is 2.13 bits per heavy atom. The van der Waals surface area contributed by atoms with Crippen LogP contribution < -0.4 is 10.5 Å². The summed E-state index contributed by atoms with van der Waals surface area (Å²) in [7, 11) is 1.51. The number of methoxy groups -OCH3 is 1. The first-order chi connectivity index (χ1) is 7.27. The van der Waals surface area contributed by atoms with Crippen LogP contribution in [0.15, 0.2) is 18.2 Å². The Hall–Kier alpha value is -1.13. The fraction of sp³-hybridized carbons (Fsp3) is 0.455. The van der Waals surface area contributed by atoms with Crippen molar-refractivity contribution in [3.63, 3.8) is 0 Å². The third kappa shape index (κ3) is 3.85. The van der Waals surface area contributed by atoms with Crippen LogP contribution in [0, 0.1) is 5.82 Å². The number of hydrogen-bond acceptors (Lipinski definition) is 3. The number of nitrogens with two attached hydrogens (primary N) is 1. The molecule has 1 rings (SSSR count). The van der Waals surface area contributed by atoms with Crippen LogP contribution in [0.2, 0.25) is 0 Å². The van der Waals surface area contributed by atoms with Gasteiger partial charge in [0, 0.05) is 12.6 Å². The summed E-state index contributed by atoms with van der Waals surface area (Å²) in [5.41, 5.74) is 5.89. The number of hydrogen-bond donors (Lipinski definition) is 1. The van der Waals surface area contributed by atoms with Crippen molar-refractivity contribution in [2.45, 2.75) is 6.42 Å². The van der Waals surface area contributed by atoms with E-state index in [9.17, 15) is 4.39 Å². The maximum absolute atomic E-state index is 13.4. The van der Waals surface area contributed by atoms with Crippen LogP contribution >= 0.6 is 0 Å². The van der Waals surface area contributed by atoms with Gasteiger partial charge in [-0.05, 0) is 18.1 Å². The molecule has 0 aliphatic rings. The Balaban J connectivity index is 2.47. The van der Waals surface area contributed by atoms with Crippen LogP contribution in [-0.4, -0.2) is 26.9 Å². The highest BCUT2D eigenvalue weighted by Gasteiger charge is 2.03. The van der Waals surface area contributed by atoms with E-state index < -0.39 is 0 Å². The van der Waals surface area contributed by atoms with E-state index in [1.54, 1.807) is 12.1 Å². The SMILES string of the molecule is COc1ccc(CCOCCN)c(F)c1. The third-order valence-corrected chi connectivity index (χ3v) is 2.04. The number of halogens is 1. The van der Waals surface area contributed by atoms with Crippen LogP contribution in [0.1, 0.15) is 5.56 Å². The average molecular weight is 213 g/mol. The van der Waals surface area contributed by atoms with E-state index in [4.69, 9.17) is 15.2 Å². The molecule has 15 heavy (non-hydrogen) atoms. The van der Waals surface area contributed by atoms with Crippen LogP contribution in [0.3, 0.4) is 0 Å². The summed E-state index contributed by atoms with van der Waals surface area (Å²) < 4.78 is 23.5. The van der Waals surface area contributed by atoms with E-state index >= 15 is 0 Å². The summed E-state index contributed by atoms with van der Waals surface area (Å²) in [4.78, 5) is 0. The molecule has 0 aromatic heterocycles. The summed E-state index contributed by atoms with van der Waals surface area (Å²) >= 11 is 0. The first-order valence-corrected chi connectivity index (χ1v) is 4.88. The predicted octanol–water partition coefficient (Wildman–Crippen LogP) is 1.35. The van der Waals surface area contributed by atoms with Gasteiger partial charge in [-0.3, -0.25) is 0 Å². The monoisotopic (exact) mass is 213 g/mol. The molecule has 0 aliphatic heterocycles. The fourth-order valence-electron chi connectivity index (χ4n) is 1.23. The molecular formula is C11H16FNO2. The third-order valence-electron chi connectivity index (χ3n) is 2.04. The van der Waals surface area contributed by atoms with Gasteiger partial charge in [-0.25, -0.2) is 4.39 Å². The normalized spacial score (nSPS) is 10.3. The molecule has 1 aromatic carbocycles. The van der Waals surface area contributed by atoms with Gasteiger partial charge in [0.25, 0.3) is 0 Å². The lowest BCUT2D eigenvalue weighted by Gasteiger charge is -2.06.